The fourth-order valence-electron chi connectivity index (χ4n) is 4.25. The molecule has 7 heteroatoms. The minimum atomic E-state index is -0.973. The van der Waals surface area contributed by atoms with E-state index in [1.165, 1.54) is 0 Å². The van der Waals surface area contributed by atoms with Crippen LogP contribution in [0.15, 0.2) is 48.5 Å². The first kappa shape index (κ1) is 23.3. The van der Waals surface area contributed by atoms with Crippen molar-refractivity contribution in [3.8, 4) is 11.1 Å². The van der Waals surface area contributed by atoms with E-state index in [0.29, 0.717) is 6.42 Å². The summed E-state index contributed by atoms with van der Waals surface area (Å²) < 4.78 is 5.57. The topological polar surface area (TPSA) is 105 Å². The number of rotatable bonds is 10. The van der Waals surface area contributed by atoms with E-state index < -0.39 is 18.1 Å². The van der Waals surface area contributed by atoms with Gasteiger partial charge in [-0.25, -0.2) is 4.79 Å². The van der Waals surface area contributed by atoms with E-state index in [1.807, 2.05) is 31.2 Å². The van der Waals surface area contributed by atoms with E-state index in [0.717, 1.165) is 28.7 Å². The van der Waals surface area contributed by atoms with E-state index in [9.17, 15) is 14.4 Å². The van der Waals surface area contributed by atoms with Crippen molar-refractivity contribution >= 4 is 18.0 Å². The molecule has 1 aliphatic rings. The van der Waals surface area contributed by atoms with Crippen LogP contribution in [0.1, 0.15) is 56.6 Å². The predicted molar refractivity (Wildman–Crippen MR) is 121 cm³/mol. The van der Waals surface area contributed by atoms with Gasteiger partial charge in [-0.3, -0.25) is 9.59 Å². The van der Waals surface area contributed by atoms with Crippen LogP contribution in [0.5, 0.6) is 0 Å². The average Bonchev–Trinajstić information content (AvgIpc) is 3.05. The Bertz CT molecular complexity index is 929. The molecule has 7 nitrogen and oxygen atoms in total. The van der Waals surface area contributed by atoms with Gasteiger partial charge in [-0.15, -0.1) is 0 Å². The summed E-state index contributed by atoms with van der Waals surface area (Å²) in [6, 6.07) is 15.4. The molecule has 0 aliphatic heterocycles. The number of ether oxygens (including phenoxy) is 1. The third kappa shape index (κ3) is 5.87. The van der Waals surface area contributed by atoms with Crippen LogP contribution in [0.2, 0.25) is 0 Å². The van der Waals surface area contributed by atoms with Gasteiger partial charge in [0.1, 0.15) is 6.61 Å². The molecule has 0 heterocycles. The van der Waals surface area contributed by atoms with Gasteiger partial charge in [-0.1, -0.05) is 61.9 Å². The van der Waals surface area contributed by atoms with Crippen LogP contribution in [0.3, 0.4) is 0 Å². The highest BCUT2D eigenvalue weighted by molar-refractivity contribution is 5.80. The maximum Gasteiger partial charge on any atom is 0.407 e. The Morgan fingerprint density at radius 3 is 2.12 bits per heavy atom. The first-order valence-electron chi connectivity index (χ1n) is 11.0. The number of hydrogen-bond donors (Lipinski definition) is 3. The number of amides is 2. The zero-order valence-electron chi connectivity index (χ0n) is 18.5. The number of carboxylic acid groups (broad SMARTS) is 1. The summed E-state index contributed by atoms with van der Waals surface area (Å²) in [5.41, 5.74) is 4.60. The Morgan fingerprint density at radius 2 is 1.56 bits per heavy atom. The number of alkyl carbamates (subject to hydrolysis) is 1. The van der Waals surface area contributed by atoms with Crippen molar-refractivity contribution in [1.82, 2.24) is 10.6 Å². The number of carbonyl (C=O) groups is 3. The SMILES string of the molecule is CCC[C@@H](CC(=O)NC(C)CC(=O)O)NC(=O)OCC1c2ccccc2-c2ccccc21. The number of nitrogens with one attached hydrogen (secondary N) is 2. The number of carbonyl (C=O) groups excluding carboxylic acids is 2. The monoisotopic (exact) mass is 438 g/mol. The van der Waals surface area contributed by atoms with Crippen molar-refractivity contribution in [1.29, 1.82) is 0 Å². The van der Waals surface area contributed by atoms with Crippen LogP contribution in [0.25, 0.3) is 11.1 Å². The molecule has 2 aromatic rings. The van der Waals surface area contributed by atoms with Crippen LogP contribution < -0.4 is 10.6 Å². The minimum Gasteiger partial charge on any atom is -0.481 e. The normalized spacial score (nSPS) is 14.1. The molecule has 0 aromatic heterocycles. The Kier molecular flexibility index (Phi) is 7.87. The van der Waals surface area contributed by atoms with Gasteiger partial charge < -0.3 is 20.5 Å². The molecular weight excluding hydrogens is 408 g/mol. The van der Waals surface area contributed by atoms with Gasteiger partial charge in [0, 0.05) is 24.4 Å². The maximum atomic E-state index is 12.5. The quantitative estimate of drug-likeness (QED) is 0.519. The highest BCUT2D eigenvalue weighted by atomic mass is 16.5. The lowest BCUT2D eigenvalue weighted by Crippen LogP contribution is -2.42. The average molecular weight is 439 g/mol. The van der Waals surface area contributed by atoms with Gasteiger partial charge in [-0.05, 0) is 35.6 Å². The third-order valence-electron chi connectivity index (χ3n) is 5.62. The fourth-order valence-corrected chi connectivity index (χ4v) is 4.25. The lowest BCUT2D eigenvalue weighted by Gasteiger charge is -2.20. The van der Waals surface area contributed by atoms with Crippen molar-refractivity contribution in [2.45, 2.75) is 57.5 Å². The Balaban J connectivity index is 1.57. The molecule has 1 aliphatic carbocycles. The van der Waals surface area contributed by atoms with Gasteiger partial charge in [0.25, 0.3) is 0 Å². The predicted octanol–water partition coefficient (Wildman–Crippen LogP) is 4.06. The zero-order valence-corrected chi connectivity index (χ0v) is 18.5. The summed E-state index contributed by atoms with van der Waals surface area (Å²) in [4.78, 5) is 35.5. The molecule has 1 unspecified atom stereocenters. The second-order valence-corrected chi connectivity index (χ2v) is 8.23. The van der Waals surface area contributed by atoms with Gasteiger partial charge in [0.05, 0.1) is 6.42 Å². The molecule has 2 aromatic carbocycles. The molecule has 0 radical (unpaired) electrons. The fraction of sp³-hybridized carbons (Fsp3) is 0.400. The molecule has 3 N–H and O–H groups in total. The highest BCUT2D eigenvalue weighted by Crippen LogP contribution is 2.44. The molecule has 0 spiro atoms. The summed E-state index contributed by atoms with van der Waals surface area (Å²) in [6.07, 6.45) is 0.764. The number of hydrogen-bond acceptors (Lipinski definition) is 4. The number of benzene rings is 2. The lowest BCUT2D eigenvalue weighted by molar-refractivity contribution is -0.137. The van der Waals surface area contributed by atoms with Gasteiger partial charge in [0.15, 0.2) is 0 Å². The first-order valence-corrected chi connectivity index (χ1v) is 11.0. The summed E-state index contributed by atoms with van der Waals surface area (Å²) in [5, 5.41) is 14.3. The number of carboxylic acids is 1. The van der Waals surface area contributed by atoms with E-state index in [2.05, 4.69) is 34.9 Å². The van der Waals surface area contributed by atoms with Crippen LogP contribution in [-0.4, -0.2) is 41.8 Å². The standard InChI is InChI=1S/C25H30N2O5/c1-3-8-17(14-23(28)26-16(2)13-24(29)30)27-25(31)32-15-22-20-11-6-4-9-18(20)19-10-5-7-12-21(19)22/h4-7,9-12,16-17,22H,3,8,13-15H2,1-2H3,(H,26,28)(H,27,31)(H,29,30)/t16?,17-/m0/s1. The second kappa shape index (κ2) is 10.8. The Labute approximate surface area is 188 Å². The lowest BCUT2D eigenvalue weighted by atomic mass is 9.98. The smallest absolute Gasteiger partial charge is 0.407 e. The van der Waals surface area contributed by atoms with Gasteiger partial charge >= 0.3 is 12.1 Å². The van der Waals surface area contributed by atoms with Crippen molar-refractivity contribution in [2.24, 2.45) is 0 Å². The Hall–Kier alpha value is -3.35. The van der Waals surface area contributed by atoms with Crippen LogP contribution in [0.4, 0.5) is 4.79 Å². The molecular formula is C25H30N2O5. The first-order chi connectivity index (χ1) is 15.4. The summed E-state index contributed by atoms with van der Waals surface area (Å²) in [7, 11) is 0. The molecule has 0 bridgehead atoms. The van der Waals surface area contributed by atoms with Crippen LogP contribution in [-0.2, 0) is 14.3 Å². The summed E-state index contributed by atoms with van der Waals surface area (Å²) >= 11 is 0. The molecule has 2 atom stereocenters. The molecule has 3 rings (SSSR count). The minimum absolute atomic E-state index is 0.0297. The third-order valence-corrected chi connectivity index (χ3v) is 5.62. The summed E-state index contributed by atoms with van der Waals surface area (Å²) in [5.74, 6) is -1.30. The zero-order chi connectivity index (χ0) is 23.1. The second-order valence-electron chi connectivity index (χ2n) is 8.23. The van der Waals surface area contributed by atoms with E-state index in [1.54, 1.807) is 6.92 Å². The van der Waals surface area contributed by atoms with E-state index in [-0.39, 0.29) is 37.3 Å². The van der Waals surface area contributed by atoms with Crippen molar-refractivity contribution in [2.75, 3.05) is 6.61 Å². The highest BCUT2D eigenvalue weighted by Gasteiger charge is 2.29. The Morgan fingerprint density at radius 1 is 0.969 bits per heavy atom. The molecule has 32 heavy (non-hydrogen) atoms. The largest absolute Gasteiger partial charge is 0.481 e. The van der Waals surface area contributed by atoms with Crippen LogP contribution >= 0.6 is 0 Å². The van der Waals surface area contributed by atoms with Crippen molar-refractivity contribution < 1.29 is 24.2 Å². The number of fused-ring (bicyclic) bond motifs is 3. The molecule has 2 amide bonds. The molecule has 170 valence electrons. The molecule has 0 fully saturated rings. The van der Waals surface area contributed by atoms with E-state index >= 15 is 0 Å². The van der Waals surface area contributed by atoms with Gasteiger partial charge in [0.2, 0.25) is 5.91 Å². The van der Waals surface area contributed by atoms with Gasteiger partial charge in [-0.2, -0.15) is 0 Å². The van der Waals surface area contributed by atoms with E-state index in [4.69, 9.17) is 9.84 Å². The van der Waals surface area contributed by atoms with Crippen molar-refractivity contribution in [3.63, 3.8) is 0 Å². The van der Waals surface area contributed by atoms with Crippen molar-refractivity contribution in [3.05, 3.63) is 59.7 Å². The molecule has 0 saturated heterocycles. The number of aliphatic carboxylic acids is 1. The molecule has 0 saturated carbocycles. The van der Waals surface area contributed by atoms with Crippen LogP contribution in [0, 0.1) is 0 Å². The summed E-state index contributed by atoms with van der Waals surface area (Å²) in [6.45, 7) is 3.82. The maximum absolute atomic E-state index is 12.5.